The van der Waals surface area contributed by atoms with Crippen LogP contribution < -0.4 is 21.7 Å². The van der Waals surface area contributed by atoms with Crippen LogP contribution in [0.15, 0.2) is 12.5 Å². The van der Waals surface area contributed by atoms with E-state index < -0.39 is 60.2 Å². The molecule has 8 N–H and O–H groups in total. The van der Waals surface area contributed by atoms with Gasteiger partial charge in [0.05, 0.1) is 12.4 Å². The molecule has 4 atom stereocenters. The first kappa shape index (κ1) is 25.9. The first-order valence-electron chi connectivity index (χ1n) is 9.24. The average molecular weight is 458 g/mol. The summed E-state index contributed by atoms with van der Waals surface area (Å²) in [5, 5.41) is 25.3. The Labute approximate surface area is 183 Å². The fraction of sp³-hybridized carbons (Fsp3) is 0.529. The molecular weight excluding hydrogens is 432 g/mol. The van der Waals surface area contributed by atoms with E-state index in [2.05, 4.69) is 38.5 Å². The van der Waals surface area contributed by atoms with Gasteiger partial charge in [0.1, 0.15) is 18.1 Å². The lowest BCUT2D eigenvalue weighted by Crippen LogP contribution is -2.57. The molecular formula is C17H26N6O7S. The molecule has 3 amide bonds. The number of aromatic amines is 1. The third kappa shape index (κ3) is 9.04. The lowest BCUT2D eigenvalue weighted by atomic mass is 10.1. The van der Waals surface area contributed by atoms with E-state index in [-0.39, 0.29) is 18.6 Å². The Morgan fingerprint density at radius 3 is 2.13 bits per heavy atom. The van der Waals surface area contributed by atoms with Crippen LogP contribution in [-0.2, 0) is 30.4 Å². The van der Waals surface area contributed by atoms with E-state index in [0.29, 0.717) is 5.69 Å². The van der Waals surface area contributed by atoms with Crippen molar-refractivity contribution in [3.05, 3.63) is 18.2 Å². The largest absolute Gasteiger partial charge is 0.481 e. The molecule has 14 heteroatoms. The van der Waals surface area contributed by atoms with Crippen molar-refractivity contribution in [3.63, 3.8) is 0 Å². The number of thiol groups is 1. The van der Waals surface area contributed by atoms with Crippen molar-refractivity contribution in [1.29, 1.82) is 0 Å². The van der Waals surface area contributed by atoms with Crippen molar-refractivity contribution in [2.24, 2.45) is 5.73 Å². The van der Waals surface area contributed by atoms with E-state index in [4.69, 9.17) is 10.8 Å². The molecule has 0 aliphatic carbocycles. The highest BCUT2D eigenvalue weighted by Crippen LogP contribution is 2.04. The third-order valence-corrected chi connectivity index (χ3v) is 4.47. The zero-order chi connectivity index (χ0) is 23.6. The third-order valence-electron chi connectivity index (χ3n) is 4.10. The second-order valence-corrected chi connectivity index (χ2v) is 7.07. The van der Waals surface area contributed by atoms with Crippen LogP contribution in [0.4, 0.5) is 0 Å². The summed E-state index contributed by atoms with van der Waals surface area (Å²) in [4.78, 5) is 65.8. The highest BCUT2D eigenvalue weighted by Gasteiger charge is 2.30. The van der Waals surface area contributed by atoms with Gasteiger partial charge in [-0.2, -0.15) is 12.6 Å². The zero-order valence-electron chi connectivity index (χ0n) is 16.7. The van der Waals surface area contributed by atoms with Crippen molar-refractivity contribution >= 4 is 42.3 Å². The van der Waals surface area contributed by atoms with Gasteiger partial charge in [0.2, 0.25) is 17.7 Å². The monoisotopic (exact) mass is 458 g/mol. The minimum Gasteiger partial charge on any atom is -0.481 e. The molecule has 0 spiro atoms. The number of carboxylic acids is 2. The second-order valence-electron chi connectivity index (χ2n) is 6.71. The number of imidazole rings is 1. The highest BCUT2D eigenvalue weighted by molar-refractivity contribution is 7.80. The van der Waals surface area contributed by atoms with Gasteiger partial charge in [0.25, 0.3) is 0 Å². The molecule has 0 aliphatic heterocycles. The summed E-state index contributed by atoms with van der Waals surface area (Å²) in [6, 6.07) is -4.74. The maximum atomic E-state index is 12.6. The van der Waals surface area contributed by atoms with Gasteiger partial charge >= 0.3 is 11.9 Å². The van der Waals surface area contributed by atoms with E-state index >= 15 is 0 Å². The molecule has 31 heavy (non-hydrogen) atoms. The van der Waals surface area contributed by atoms with Crippen LogP contribution in [0.25, 0.3) is 0 Å². The van der Waals surface area contributed by atoms with Crippen molar-refractivity contribution in [1.82, 2.24) is 25.9 Å². The number of amides is 3. The summed E-state index contributed by atoms with van der Waals surface area (Å²) < 4.78 is 0. The molecule has 0 aromatic carbocycles. The molecule has 0 aliphatic rings. The van der Waals surface area contributed by atoms with Crippen LogP contribution in [-0.4, -0.2) is 79.8 Å². The van der Waals surface area contributed by atoms with E-state index in [0.717, 1.165) is 0 Å². The molecule has 0 bridgehead atoms. The normalized spacial score (nSPS) is 14.5. The maximum Gasteiger partial charge on any atom is 0.326 e. The molecule has 4 unspecified atom stereocenters. The number of nitrogens with one attached hydrogen (secondary N) is 4. The molecule has 0 radical (unpaired) electrons. The Morgan fingerprint density at radius 2 is 1.65 bits per heavy atom. The predicted molar refractivity (Wildman–Crippen MR) is 110 cm³/mol. The minimum absolute atomic E-state index is 0.107. The number of nitrogens with zero attached hydrogens (tertiary/aromatic N) is 1. The second kappa shape index (κ2) is 12.5. The number of H-pyrrole nitrogens is 1. The van der Waals surface area contributed by atoms with Gasteiger partial charge < -0.3 is 36.9 Å². The number of aliphatic carboxylic acids is 2. The number of carbonyl (C=O) groups is 5. The van der Waals surface area contributed by atoms with Gasteiger partial charge in [-0.15, -0.1) is 0 Å². The van der Waals surface area contributed by atoms with Gasteiger partial charge in [-0.3, -0.25) is 19.2 Å². The molecule has 1 aromatic heterocycles. The van der Waals surface area contributed by atoms with Gasteiger partial charge in [-0.05, 0) is 13.3 Å². The molecule has 0 fully saturated rings. The number of carbonyl (C=O) groups excluding carboxylic acids is 3. The average Bonchev–Trinajstić information content (AvgIpc) is 3.20. The Kier molecular flexibility index (Phi) is 10.5. The van der Waals surface area contributed by atoms with Crippen LogP contribution in [0.1, 0.15) is 25.5 Å². The van der Waals surface area contributed by atoms with E-state index in [1.807, 2.05) is 0 Å². The lowest BCUT2D eigenvalue weighted by Gasteiger charge is -2.24. The van der Waals surface area contributed by atoms with Crippen LogP contribution in [0.5, 0.6) is 0 Å². The van der Waals surface area contributed by atoms with E-state index in [1.54, 1.807) is 0 Å². The van der Waals surface area contributed by atoms with Gasteiger partial charge in [-0.1, -0.05) is 0 Å². The Balaban J connectivity index is 2.90. The zero-order valence-corrected chi connectivity index (χ0v) is 17.6. The molecule has 0 saturated carbocycles. The van der Waals surface area contributed by atoms with Gasteiger partial charge in [-0.25, -0.2) is 9.78 Å². The first-order chi connectivity index (χ1) is 14.5. The van der Waals surface area contributed by atoms with E-state index in [9.17, 15) is 29.1 Å². The van der Waals surface area contributed by atoms with Crippen molar-refractivity contribution in [2.75, 3.05) is 5.75 Å². The number of hydrogen-bond acceptors (Lipinski definition) is 8. The predicted octanol–water partition coefficient (Wildman–Crippen LogP) is -2.37. The fourth-order valence-electron chi connectivity index (χ4n) is 2.39. The maximum absolute atomic E-state index is 12.6. The van der Waals surface area contributed by atoms with Gasteiger partial charge in [0.15, 0.2) is 0 Å². The standard InChI is InChI=1S/C17H26N6O7S/c1-8(18)14(26)23-12(6-31)16(28)21-10(2-3-13(24)25)15(27)22-11(17(29)30)4-9-5-19-7-20-9/h5,7-8,10-12,31H,2-4,6,18H2,1H3,(H,19,20)(H,21,28)(H,22,27)(H,23,26)(H,24,25)(H,29,30). The summed E-state index contributed by atoms with van der Waals surface area (Å²) in [7, 11) is 0. The summed E-state index contributed by atoms with van der Waals surface area (Å²) in [5.41, 5.74) is 5.90. The lowest BCUT2D eigenvalue weighted by molar-refractivity contribution is -0.143. The number of nitrogens with two attached hydrogens (primary N) is 1. The van der Waals surface area contributed by atoms with Crippen LogP contribution in [0, 0.1) is 0 Å². The van der Waals surface area contributed by atoms with Crippen molar-refractivity contribution in [2.45, 2.75) is 50.4 Å². The smallest absolute Gasteiger partial charge is 0.326 e. The number of hydrogen-bond donors (Lipinski definition) is 8. The molecule has 172 valence electrons. The molecule has 1 aromatic rings. The van der Waals surface area contributed by atoms with Crippen molar-refractivity contribution < 1.29 is 34.2 Å². The van der Waals surface area contributed by atoms with Crippen LogP contribution in [0.2, 0.25) is 0 Å². The summed E-state index contributed by atoms with van der Waals surface area (Å²) in [6.07, 6.45) is 1.87. The minimum atomic E-state index is -1.36. The summed E-state index contributed by atoms with van der Waals surface area (Å²) in [6.45, 7) is 1.41. The Bertz CT molecular complexity index is 786. The van der Waals surface area contributed by atoms with Crippen molar-refractivity contribution in [3.8, 4) is 0 Å². The summed E-state index contributed by atoms with van der Waals surface area (Å²) in [5.74, 6) is -4.96. The van der Waals surface area contributed by atoms with Crippen LogP contribution in [0.3, 0.4) is 0 Å². The SMILES string of the molecule is CC(N)C(=O)NC(CS)C(=O)NC(CCC(=O)O)C(=O)NC(Cc1cnc[nH]1)C(=O)O. The van der Waals surface area contributed by atoms with Crippen LogP contribution >= 0.6 is 12.6 Å². The summed E-state index contributed by atoms with van der Waals surface area (Å²) >= 11 is 3.99. The molecule has 1 heterocycles. The number of rotatable bonds is 13. The Hall–Kier alpha value is -3.13. The number of aromatic nitrogens is 2. The Morgan fingerprint density at radius 1 is 1.06 bits per heavy atom. The highest BCUT2D eigenvalue weighted by atomic mass is 32.1. The number of carboxylic acid groups (broad SMARTS) is 2. The molecule has 13 nitrogen and oxygen atoms in total. The van der Waals surface area contributed by atoms with Gasteiger partial charge in [0, 0.05) is 30.5 Å². The quantitative estimate of drug-likeness (QED) is 0.148. The van der Waals surface area contributed by atoms with E-state index in [1.165, 1.54) is 19.4 Å². The first-order valence-corrected chi connectivity index (χ1v) is 9.87. The molecule has 1 rings (SSSR count). The fourth-order valence-corrected chi connectivity index (χ4v) is 2.65. The topological polar surface area (TPSA) is 217 Å². The molecule has 0 saturated heterocycles.